The topological polar surface area (TPSA) is 24.5 Å². The van der Waals surface area contributed by atoms with Crippen LogP contribution in [-0.4, -0.2) is 44.4 Å². The van der Waals surface area contributed by atoms with Gasteiger partial charge < -0.3 is 10.1 Å². The molecule has 0 saturated carbocycles. The van der Waals surface area contributed by atoms with Crippen molar-refractivity contribution in [2.45, 2.75) is 19.1 Å². The molecule has 0 spiro atoms. The Bertz CT molecular complexity index is 496. The van der Waals surface area contributed by atoms with Crippen molar-refractivity contribution in [3.8, 4) is 5.75 Å². The van der Waals surface area contributed by atoms with E-state index in [4.69, 9.17) is 4.74 Å². The minimum Gasteiger partial charge on any atom is -0.496 e. The van der Waals surface area contributed by atoms with E-state index in [2.05, 4.69) is 21.2 Å². The lowest BCUT2D eigenvalue weighted by atomic mass is 10.1. The highest BCUT2D eigenvalue weighted by atomic mass is 79.9. The molecule has 1 N–H and O–H groups in total. The van der Waals surface area contributed by atoms with Crippen molar-refractivity contribution >= 4 is 15.9 Å². The van der Waals surface area contributed by atoms with Gasteiger partial charge in [0.05, 0.1) is 18.1 Å². The smallest absolute Gasteiger partial charge is 0.401 e. The second kappa shape index (κ2) is 7.66. The molecule has 1 aliphatic heterocycles. The molecule has 1 atom stereocenters. The molecule has 1 aliphatic rings. The molecule has 0 aliphatic carbocycles. The lowest BCUT2D eigenvalue weighted by Gasteiger charge is -2.18. The van der Waals surface area contributed by atoms with Gasteiger partial charge in [-0.15, -0.1) is 0 Å². The van der Waals surface area contributed by atoms with E-state index in [0.717, 1.165) is 28.8 Å². The summed E-state index contributed by atoms with van der Waals surface area (Å²) in [7, 11) is 1.62. The predicted octanol–water partition coefficient (Wildman–Crippen LogP) is 3.43. The third-order valence-corrected chi connectivity index (χ3v) is 4.37. The Morgan fingerprint density at radius 2 is 2.18 bits per heavy atom. The van der Waals surface area contributed by atoms with E-state index in [1.807, 2.05) is 18.2 Å². The summed E-state index contributed by atoms with van der Waals surface area (Å²) in [5.74, 6) is 1.06. The lowest BCUT2D eigenvalue weighted by Crippen LogP contribution is -2.33. The van der Waals surface area contributed by atoms with Gasteiger partial charge in [0.15, 0.2) is 0 Å². The van der Waals surface area contributed by atoms with Crippen LogP contribution in [0.2, 0.25) is 0 Å². The van der Waals surface area contributed by atoms with Crippen LogP contribution in [0.25, 0.3) is 0 Å². The Balaban J connectivity index is 1.72. The fraction of sp³-hybridized carbons (Fsp3) is 0.600. The number of alkyl halides is 3. The van der Waals surface area contributed by atoms with Crippen molar-refractivity contribution in [1.29, 1.82) is 0 Å². The maximum Gasteiger partial charge on any atom is 0.401 e. The van der Waals surface area contributed by atoms with Gasteiger partial charge in [-0.1, -0.05) is 6.07 Å². The van der Waals surface area contributed by atoms with Gasteiger partial charge in [-0.25, -0.2) is 0 Å². The van der Waals surface area contributed by atoms with Crippen molar-refractivity contribution in [2.24, 2.45) is 5.92 Å². The SMILES string of the molecule is COc1ccc(CNC[C@@H]2CCN(CC(F)(F)F)C2)cc1Br. The summed E-state index contributed by atoms with van der Waals surface area (Å²) in [6.07, 6.45) is -3.28. The van der Waals surface area contributed by atoms with Gasteiger partial charge in [0, 0.05) is 13.1 Å². The van der Waals surface area contributed by atoms with Gasteiger partial charge in [-0.2, -0.15) is 13.2 Å². The van der Waals surface area contributed by atoms with Crippen LogP contribution in [0, 0.1) is 5.92 Å². The maximum absolute atomic E-state index is 12.3. The molecule has 3 nitrogen and oxygen atoms in total. The van der Waals surface area contributed by atoms with Gasteiger partial charge >= 0.3 is 6.18 Å². The molecular formula is C15H20BrF3N2O. The van der Waals surface area contributed by atoms with Crippen LogP contribution >= 0.6 is 15.9 Å². The maximum atomic E-state index is 12.3. The molecular weight excluding hydrogens is 361 g/mol. The highest BCUT2D eigenvalue weighted by molar-refractivity contribution is 9.10. The molecule has 1 aromatic rings. The number of likely N-dealkylation sites (tertiary alicyclic amines) is 1. The number of halogens is 4. The fourth-order valence-electron chi connectivity index (χ4n) is 2.72. The van der Waals surface area contributed by atoms with Crippen molar-refractivity contribution in [2.75, 3.05) is 33.3 Å². The minimum absolute atomic E-state index is 0.282. The number of rotatable bonds is 6. The first-order valence-corrected chi connectivity index (χ1v) is 7.99. The fourth-order valence-corrected chi connectivity index (χ4v) is 3.31. The number of methoxy groups -OCH3 is 1. The monoisotopic (exact) mass is 380 g/mol. The average Bonchev–Trinajstić information content (AvgIpc) is 2.84. The number of hydrogen-bond acceptors (Lipinski definition) is 3. The summed E-state index contributed by atoms with van der Waals surface area (Å²) in [4.78, 5) is 1.48. The van der Waals surface area contributed by atoms with Gasteiger partial charge in [-0.3, -0.25) is 4.90 Å². The van der Waals surface area contributed by atoms with Crippen LogP contribution in [-0.2, 0) is 6.54 Å². The van der Waals surface area contributed by atoms with Crippen LogP contribution in [0.15, 0.2) is 22.7 Å². The molecule has 1 fully saturated rings. The quantitative estimate of drug-likeness (QED) is 0.817. The van der Waals surface area contributed by atoms with Crippen LogP contribution in [0.3, 0.4) is 0 Å². The molecule has 7 heteroatoms. The van der Waals surface area contributed by atoms with Gasteiger partial charge in [0.25, 0.3) is 0 Å². The molecule has 1 saturated heterocycles. The van der Waals surface area contributed by atoms with E-state index in [9.17, 15) is 13.2 Å². The Hall–Kier alpha value is -0.790. The Labute approximate surface area is 136 Å². The minimum atomic E-state index is -4.10. The lowest BCUT2D eigenvalue weighted by molar-refractivity contribution is -0.143. The zero-order valence-corrected chi connectivity index (χ0v) is 14.0. The number of ether oxygens (including phenoxy) is 1. The van der Waals surface area contributed by atoms with Crippen LogP contribution in [0.4, 0.5) is 13.2 Å². The molecule has 2 rings (SSSR count). The summed E-state index contributed by atoms with van der Waals surface area (Å²) in [6, 6.07) is 5.85. The second-order valence-corrected chi connectivity index (χ2v) is 6.46. The molecule has 124 valence electrons. The zero-order chi connectivity index (χ0) is 16.2. The molecule has 0 aromatic heterocycles. The number of benzene rings is 1. The molecule has 0 unspecified atom stereocenters. The second-order valence-electron chi connectivity index (χ2n) is 5.60. The molecule has 1 heterocycles. The first-order chi connectivity index (χ1) is 10.4. The van der Waals surface area contributed by atoms with Gasteiger partial charge in [0.2, 0.25) is 0 Å². The van der Waals surface area contributed by atoms with Crippen LogP contribution < -0.4 is 10.1 Å². The van der Waals surface area contributed by atoms with Gasteiger partial charge in [0.1, 0.15) is 5.75 Å². The first-order valence-electron chi connectivity index (χ1n) is 7.19. The molecule has 0 bridgehead atoms. The average molecular weight is 381 g/mol. The third kappa shape index (κ3) is 5.44. The standard InChI is InChI=1S/C15H20BrF3N2O/c1-22-14-3-2-11(6-13(14)16)7-20-8-12-4-5-21(9-12)10-15(17,18)19/h2-3,6,12,20H,4-5,7-10H2,1H3/t12-/m0/s1. The van der Waals surface area contributed by atoms with E-state index in [-0.39, 0.29) is 5.92 Å². The number of hydrogen-bond donors (Lipinski definition) is 1. The van der Waals surface area contributed by atoms with Crippen molar-refractivity contribution in [1.82, 2.24) is 10.2 Å². The van der Waals surface area contributed by atoms with Crippen molar-refractivity contribution < 1.29 is 17.9 Å². The molecule has 0 amide bonds. The summed E-state index contributed by atoms with van der Waals surface area (Å²) in [6.45, 7) is 1.67. The van der Waals surface area contributed by atoms with Crippen LogP contribution in [0.5, 0.6) is 5.75 Å². The highest BCUT2D eigenvalue weighted by Gasteiger charge is 2.34. The Morgan fingerprint density at radius 1 is 1.41 bits per heavy atom. The molecule has 0 radical (unpaired) electrons. The largest absolute Gasteiger partial charge is 0.496 e. The van der Waals surface area contributed by atoms with E-state index >= 15 is 0 Å². The summed E-state index contributed by atoms with van der Waals surface area (Å²) in [5, 5.41) is 3.32. The normalized spacial score (nSPS) is 19.6. The number of nitrogens with one attached hydrogen (secondary N) is 1. The van der Waals surface area contributed by atoms with Crippen molar-refractivity contribution in [3.05, 3.63) is 28.2 Å². The first kappa shape index (κ1) is 17.6. The zero-order valence-electron chi connectivity index (χ0n) is 12.4. The summed E-state index contributed by atoms with van der Waals surface area (Å²) in [5.41, 5.74) is 1.11. The molecule has 1 aromatic carbocycles. The van der Waals surface area contributed by atoms with E-state index < -0.39 is 12.7 Å². The summed E-state index contributed by atoms with van der Waals surface area (Å²) >= 11 is 3.44. The third-order valence-electron chi connectivity index (χ3n) is 3.75. The van der Waals surface area contributed by atoms with Crippen LogP contribution in [0.1, 0.15) is 12.0 Å². The van der Waals surface area contributed by atoms with E-state index in [0.29, 0.717) is 19.6 Å². The predicted molar refractivity (Wildman–Crippen MR) is 83.0 cm³/mol. The van der Waals surface area contributed by atoms with Crippen molar-refractivity contribution in [3.63, 3.8) is 0 Å². The Morgan fingerprint density at radius 3 is 2.82 bits per heavy atom. The Kier molecular flexibility index (Phi) is 6.11. The molecule has 22 heavy (non-hydrogen) atoms. The van der Waals surface area contributed by atoms with E-state index in [1.54, 1.807) is 7.11 Å². The highest BCUT2D eigenvalue weighted by Crippen LogP contribution is 2.26. The van der Waals surface area contributed by atoms with Gasteiger partial charge in [-0.05, 0) is 59.1 Å². The summed E-state index contributed by atoms with van der Waals surface area (Å²) < 4.78 is 43.1. The number of nitrogens with zero attached hydrogens (tertiary/aromatic N) is 1. The van der Waals surface area contributed by atoms with E-state index in [1.165, 1.54) is 4.90 Å².